The van der Waals surface area contributed by atoms with E-state index in [1.807, 2.05) is 0 Å². The van der Waals surface area contributed by atoms with Crippen molar-refractivity contribution in [3.8, 4) is 22.9 Å². The van der Waals surface area contributed by atoms with Gasteiger partial charge >= 0.3 is 0 Å². The Morgan fingerprint density at radius 3 is 2.60 bits per heavy atom. The van der Waals surface area contributed by atoms with Crippen LogP contribution in [0, 0.1) is 11.6 Å². The number of hydrogen-bond donors (Lipinski definition) is 3. The molecule has 9 nitrogen and oxygen atoms in total. The Hall–Kier alpha value is -3.91. The number of piperidine rings is 1. The summed E-state index contributed by atoms with van der Waals surface area (Å²) in [6.07, 6.45) is 2.27. The SMILES string of the molecule is O=S([O-])NC(c1ccccc1)c1ccc(Oc2ncccc2-c2ccnc(N[C@@H]3CNC[C@@H](F)C3)n2)c(F)c1F. The van der Waals surface area contributed by atoms with Crippen molar-refractivity contribution in [3.63, 3.8) is 0 Å². The molecule has 3 N–H and O–H groups in total. The summed E-state index contributed by atoms with van der Waals surface area (Å²) in [5.41, 5.74) is 0.975. The highest BCUT2D eigenvalue weighted by atomic mass is 32.2. The normalized spacial score (nSPS) is 18.6. The van der Waals surface area contributed by atoms with Gasteiger partial charge in [-0.1, -0.05) is 36.4 Å². The number of ether oxygens (including phenoxy) is 1. The second-order valence-electron chi connectivity index (χ2n) is 9.03. The molecule has 0 amide bonds. The molecule has 3 heterocycles. The van der Waals surface area contributed by atoms with Crippen LogP contribution in [0.3, 0.4) is 0 Å². The number of rotatable bonds is 9. The van der Waals surface area contributed by atoms with E-state index in [2.05, 4.69) is 30.3 Å². The van der Waals surface area contributed by atoms with Gasteiger partial charge < -0.3 is 19.9 Å². The predicted octanol–water partition coefficient (Wildman–Crippen LogP) is 4.19. The molecule has 2 aromatic heterocycles. The molecule has 0 radical (unpaired) electrons. The smallest absolute Gasteiger partial charge is 0.228 e. The quantitative estimate of drug-likeness (QED) is 0.257. The highest BCUT2D eigenvalue weighted by molar-refractivity contribution is 7.77. The molecule has 0 saturated carbocycles. The number of aromatic nitrogens is 3. The first-order chi connectivity index (χ1) is 19.4. The molecule has 1 aliphatic rings. The number of anilines is 1. The summed E-state index contributed by atoms with van der Waals surface area (Å²) in [6.45, 7) is 0.858. The molecule has 0 bridgehead atoms. The third-order valence-corrected chi connectivity index (χ3v) is 6.70. The van der Waals surface area contributed by atoms with E-state index in [-0.39, 0.29) is 23.4 Å². The van der Waals surface area contributed by atoms with E-state index in [0.717, 1.165) is 0 Å². The zero-order valence-electron chi connectivity index (χ0n) is 20.9. The third-order valence-electron chi connectivity index (χ3n) is 6.27. The fourth-order valence-corrected chi connectivity index (χ4v) is 4.89. The second-order valence-corrected chi connectivity index (χ2v) is 9.74. The maximum absolute atomic E-state index is 15.3. The van der Waals surface area contributed by atoms with Crippen LogP contribution in [-0.4, -0.2) is 49.0 Å². The van der Waals surface area contributed by atoms with Crippen LogP contribution in [0.5, 0.6) is 11.6 Å². The molecule has 1 aliphatic heterocycles. The highest BCUT2D eigenvalue weighted by Gasteiger charge is 2.25. The lowest BCUT2D eigenvalue weighted by Gasteiger charge is -2.26. The molecule has 2 unspecified atom stereocenters. The van der Waals surface area contributed by atoms with Crippen LogP contribution >= 0.6 is 0 Å². The van der Waals surface area contributed by atoms with Crippen molar-refractivity contribution in [1.82, 2.24) is 25.0 Å². The van der Waals surface area contributed by atoms with Gasteiger partial charge in [-0.05, 0) is 29.8 Å². The molecule has 0 aliphatic carbocycles. The van der Waals surface area contributed by atoms with Gasteiger partial charge in [0.05, 0.1) is 17.3 Å². The van der Waals surface area contributed by atoms with Crippen LogP contribution in [0.1, 0.15) is 23.6 Å². The maximum Gasteiger partial charge on any atom is 0.228 e. The Morgan fingerprint density at radius 2 is 1.82 bits per heavy atom. The summed E-state index contributed by atoms with van der Waals surface area (Å²) in [5.74, 6) is -2.82. The van der Waals surface area contributed by atoms with Gasteiger partial charge in [0.1, 0.15) is 6.17 Å². The van der Waals surface area contributed by atoms with E-state index in [9.17, 15) is 13.2 Å². The average molecular weight is 570 g/mol. The van der Waals surface area contributed by atoms with Crippen LogP contribution in [0.4, 0.5) is 19.1 Å². The molecule has 40 heavy (non-hydrogen) atoms. The van der Waals surface area contributed by atoms with Crippen molar-refractivity contribution in [1.29, 1.82) is 0 Å². The largest absolute Gasteiger partial charge is 0.760 e. The van der Waals surface area contributed by atoms with Crippen molar-refractivity contribution in [2.45, 2.75) is 24.7 Å². The summed E-state index contributed by atoms with van der Waals surface area (Å²) >= 11 is -2.75. The molecular formula is C27H24F3N6O3S-. The average Bonchev–Trinajstić information content (AvgIpc) is 2.95. The first-order valence-electron chi connectivity index (χ1n) is 12.3. The molecule has 4 atom stereocenters. The molecule has 0 spiro atoms. The molecule has 1 fully saturated rings. The monoisotopic (exact) mass is 569 g/mol. The summed E-state index contributed by atoms with van der Waals surface area (Å²) in [5, 5.41) is 6.11. The summed E-state index contributed by atoms with van der Waals surface area (Å²) < 4.78 is 75.0. The number of halogens is 3. The number of alkyl halides is 1. The van der Waals surface area contributed by atoms with Gasteiger partial charge in [0.25, 0.3) is 0 Å². The van der Waals surface area contributed by atoms with Crippen molar-refractivity contribution >= 4 is 17.2 Å². The molecular weight excluding hydrogens is 545 g/mol. The number of hydrogen-bond acceptors (Lipinski definition) is 8. The van der Waals surface area contributed by atoms with E-state index in [4.69, 9.17) is 4.74 Å². The molecule has 208 valence electrons. The van der Waals surface area contributed by atoms with Gasteiger partial charge in [0.15, 0.2) is 11.6 Å². The van der Waals surface area contributed by atoms with E-state index in [1.165, 1.54) is 24.5 Å². The van der Waals surface area contributed by atoms with E-state index in [0.29, 0.717) is 36.3 Å². The summed E-state index contributed by atoms with van der Waals surface area (Å²) in [7, 11) is 0. The lowest BCUT2D eigenvalue weighted by atomic mass is 9.99. The molecule has 1 saturated heterocycles. The molecule has 13 heteroatoms. The number of benzene rings is 2. The highest BCUT2D eigenvalue weighted by Crippen LogP contribution is 2.35. The first-order valence-corrected chi connectivity index (χ1v) is 13.4. The number of nitrogens with one attached hydrogen (secondary N) is 3. The van der Waals surface area contributed by atoms with E-state index >= 15 is 8.78 Å². The predicted molar refractivity (Wildman–Crippen MR) is 142 cm³/mol. The van der Waals surface area contributed by atoms with Crippen LogP contribution in [0.15, 0.2) is 73.1 Å². The van der Waals surface area contributed by atoms with Gasteiger partial charge in [-0.3, -0.25) is 4.21 Å². The summed E-state index contributed by atoms with van der Waals surface area (Å²) in [4.78, 5) is 12.9. The molecule has 4 aromatic rings. The van der Waals surface area contributed by atoms with Gasteiger partial charge in [0, 0.05) is 54.8 Å². The van der Waals surface area contributed by atoms with Crippen LogP contribution < -0.4 is 20.1 Å². The first kappa shape index (κ1) is 27.6. The number of pyridine rings is 1. The Labute approximate surface area is 230 Å². The lowest BCUT2D eigenvalue weighted by molar-refractivity contribution is 0.254. The zero-order valence-corrected chi connectivity index (χ0v) is 21.7. The standard InChI is InChI=1S/C27H25F3N6O3S/c28-17-13-18(15-31-14-17)34-27-33-12-10-21(35-27)19-7-4-11-32-26(19)39-22-9-8-20(23(29)24(22)30)25(36-40(37)38)16-5-2-1-3-6-16/h1-12,17-18,25,31,36H,13-15H2,(H,37,38)(H,33,34,35)/p-1/t17-,18-,25?/m0/s1. The van der Waals surface area contributed by atoms with E-state index < -0.39 is 40.9 Å². The fourth-order valence-electron chi connectivity index (χ4n) is 4.43. The minimum Gasteiger partial charge on any atom is -0.760 e. The summed E-state index contributed by atoms with van der Waals surface area (Å²) in [6, 6.07) is 14.2. The van der Waals surface area contributed by atoms with Crippen LogP contribution in [0.2, 0.25) is 0 Å². The van der Waals surface area contributed by atoms with Crippen molar-refractivity contribution in [2.75, 3.05) is 18.4 Å². The van der Waals surface area contributed by atoms with Gasteiger partial charge in [-0.15, -0.1) is 0 Å². The Bertz CT molecular complexity index is 1500. The minimum atomic E-state index is -2.75. The Morgan fingerprint density at radius 1 is 1.00 bits per heavy atom. The second kappa shape index (κ2) is 12.5. The minimum absolute atomic E-state index is 0.0419. The van der Waals surface area contributed by atoms with Crippen molar-refractivity contribution in [2.24, 2.45) is 0 Å². The zero-order chi connectivity index (χ0) is 28.1. The van der Waals surface area contributed by atoms with Gasteiger partial charge in [0.2, 0.25) is 17.6 Å². The third kappa shape index (κ3) is 6.45. The topological polar surface area (TPSA) is 124 Å². The van der Waals surface area contributed by atoms with Crippen molar-refractivity contribution in [3.05, 3.63) is 95.8 Å². The molecule has 2 aromatic carbocycles. The van der Waals surface area contributed by atoms with Gasteiger partial charge in [-0.2, -0.15) is 4.39 Å². The Kier molecular flexibility index (Phi) is 8.65. The van der Waals surface area contributed by atoms with Crippen LogP contribution in [0.25, 0.3) is 11.3 Å². The van der Waals surface area contributed by atoms with Gasteiger partial charge in [-0.25, -0.2) is 28.5 Å². The van der Waals surface area contributed by atoms with Crippen LogP contribution in [-0.2, 0) is 11.3 Å². The Balaban J connectivity index is 1.42. The fraction of sp³-hybridized carbons (Fsp3) is 0.222. The maximum atomic E-state index is 15.3. The van der Waals surface area contributed by atoms with E-state index in [1.54, 1.807) is 48.5 Å². The lowest BCUT2D eigenvalue weighted by Crippen LogP contribution is -2.44. The number of nitrogens with zero attached hydrogens (tertiary/aromatic N) is 3. The van der Waals surface area contributed by atoms with Crippen molar-refractivity contribution < 1.29 is 26.7 Å². The molecule has 5 rings (SSSR count).